The molecule has 3 unspecified atom stereocenters. The van der Waals surface area contributed by atoms with Crippen molar-refractivity contribution < 1.29 is 19.5 Å². The molecule has 4 atom stereocenters. The van der Waals surface area contributed by atoms with Crippen molar-refractivity contribution in [3.8, 4) is 0 Å². The lowest BCUT2D eigenvalue weighted by Crippen LogP contribution is -3.15. The van der Waals surface area contributed by atoms with Gasteiger partial charge in [0.05, 0.1) is 25.9 Å². The van der Waals surface area contributed by atoms with E-state index >= 15 is 0 Å². The van der Waals surface area contributed by atoms with Crippen LogP contribution in [0.25, 0.3) is 0 Å². The molecule has 1 heterocycles. The van der Waals surface area contributed by atoms with Crippen molar-refractivity contribution >= 4 is 0 Å². The van der Waals surface area contributed by atoms with Crippen molar-refractivity contribution in [3.63, 3.8) is 0 Å². The third-order valence-corrected chi connectivity index (χ3v) is 4.58. The van der Waals surface area contributed by atoms with Crippen LogP contribution in [0, 0.1) is 11.8 Å². The van der Waals surface area contributed by atoms with Gasteiger partial charge in [0, 0.05) is 0 Å². The van der Waals surface area contributed by atoms with Crippen molar-refractivity contribution in [3.05, 3.63) is 0 Å². The van der Waals surface area contributed by atoms with E-state index in [-0.39, 0.29) is 6.10 Å². The summed E-state index contributed by atoms with van der Waals surface area (Å²) in [4.78, 5) is 1.44. The smallest absolute Gasteiger partial charge is 0.126 e. The summed E-state index contributed by atoms with van der Waals surface area (Å²) >= 11 is 0. The van der Waals surface area contributed by atoms with Crippen LogP contribution in [0.15, 0.2) is 0 Å². The van der Waals surface area contributed by atoms with Gasteiger partial charge in [-0.2, -0.15) is 0 Å². The topological polar surface area (TPSA) is 43.1 Å². The van der Waals surface area contributed by atoms with E-state index in [0.717, 1.165) is 45.2 Å². The van der Waals surface area contributed by atoms with E-state index in [1.807, 2.05) is 0 Å². The van der Waals surface area contributed by atoms with Crippen molar-refractivity contribution in [2.75, 3.05) is 39.5 Å². The quantitative estimate of drug-likeness (QED) is 0.746. The number of quaternary nitrogens is 1. The fourth-order valence-electron chi connectivity index (χ4n) is 3.38. The van der Waals surface area contributed by atoms with Crippen molar-refractivity contribution in [2.45, 2.75) is 45.3 Å². The molecule has 2 rings (SSSR count). The molecule has 112 valence electrons. The van der Waals surface area contributed by atoms with Gasteiger partial charge >= 0.3 is 0 Å². The van der Waals surface area contributed by atoms with Crippen LogP contribution >= 0.6 is 0 Å². The van der Waals surface area contributed by atoms with Gasteiger partial charge in [-0.3, -0.25) is 0 Å². The van der Waals surface area contributed by atoms with Crippen LogP contribution in [0.1, 0.15) is 33.1 Å². The second kappa shape index (κ2) is 7.58. The molecule has 1 aliphatic carbocycles. The molecular weight excluding hydrogens is 242 g/mol. The highest BCUT2D eigenvalue weighted by Gasteiger charge is 2.27. The number of morpholine rings is 1. The summed E-state index contributed by atoms with van der Waals surface area (Å²) < 4.78 is 11.3. The van der Waals surface area contributed by atoms with Crippen LogP contribution in [-0.4, -0.2) is 56.8 Å². The maximum Gasteiger partial charge on any atom is 0.126 e. The molecule has 1 saturated carbocycles. The first kappa shape index (κ1) is 15.2. The molecule has 1 saturated heterocycles. The van der Waals surface area contributed by atoms with E-state index in [9.17, 15) is 5.11 Å². The Labute approximate surface area is 117 Å². The number of hydrogen-bond acceptors (Lipinski definition) is 3. The second-order valence-electron chi connectivity index (χ2n) is 6.49. The molecule has 0 amide bonds. The summed E-state index contributed by atoms with van der Waals surface area (Å²) in [6, 6.07) is 0. The normalized spacial score (nSPS) is 35.2. The Bertz CT molecular complexity index is 256. The predicted octanol–water partition coefficient (Wildman–Crippen LogP) is 0.104. The van der Waals surface area contributed by atoms with Gasteiger partial charge in [0.15, 0.2) is 0 Å². The highest BCUT2D eigenvalue weighted by molar-refractivity contribution is 4.76. The van der Waals surface area contributed by atoms with Crippen LogP contribution in [0.2, 0.25) is 0 Å². The predicted molar refractivity (Wildman–Crippen MR) is 74.3 cm³/mol. The molecule has 19 heavy (non-hydrogen) atoms. The first-order valence-electron chi connectivity index (χ1n) is 7.86. The van der Waals surface area contributed by atoms with E-state index in [1.54, 1.807) is 0 Å². The fourth-order valence-corrected chi connectivity index (χ4v) is 3.38. The molecule has 4 heteroatoms. The summed E-state index contributed by atoms with van der Waals surface area (Å²) in [7, 11) is 0. The number of aliphatic hydroxyl groups is 1. The molecule has 0 radical (unpaired) electrons. The van der Waals surface area contributed by atoms with E-state index in [2.05, 4.69) is 13.8 Å². The molecule has 0 bridgehead atoms. The molecule has 1 aliphatic heterocycles. The average molecular weight is 272 g/mol. The first-order valence-corrected chi connectivity index (χ1v) is 7.86. The summed E-state index contributed by atoms with van der Waals surface area (Å²) in [5.74, 6) is 1.46. The summed E-state index contributed by atoms with van der Waals surface area (Å²) in [5.41, 5.74) is 0. The third kappa shape index (κ3) is 5.03. The Balaban J connectivity index is 1.63. The largest absolute Gasteiger partial charge is 0.385 e. The minimum absolute atomic E-state index is 0.334. The molecule has 2 N–H and O–H groups in total. The number of nitrogens with one attached hydrogen (secondary N) is 1. The number of ether oxygens (including phenoxy) is 2. The monoisotopic (exact) mass is 272 g/mol. The van der Waals surface area contributed by atoms with Gasteiger partial charge in [0.2, 0.25) is 0 Å². The highest BCUT2D eigenvalue weighted by Crippen LogP contribution is 2.30. The van der Waals surface area contributed by atoms with Crippen molar-refractivity contribution in [1.82, 2.24) is 0 Å². The zero-order chi connectivity index (χ0) is 13.7. The Morgan fingerprint density at radius 1 is 1.26 bits per heavy atom. The lowest BCUT2D eigenvalue weighted by atomic mass is 9.81. The molecule has 0 aromatic rings. The third-order valence-electron chi connectivity index (χ3n) is 4.58. The Kier molecular flexibility index (Phi) is 6.07. The second-order valence-corrected chi connectivity index (χ2v) is 6.49. The van der Waals surface area contributed by atoms with E-state index < -0.39 is 0 Å². The van der Waals surface area contributed by atoms with E-state index in [0.29, 0.717) is 18.6 Å². The first-order chi connectivity index (χ1) is 9.15. The average Bonchev–Trinajstić information content (AvgIpc) is 2.39. The van der Waals surface area contributed by atoms with Crippen LogP contribution in [0.5, 0.6) is 0 Å². The molecule has 2 fully saturated rings. The van der Waals surface area contributed by atoms with Crippen molar-refractivity contribution in [2.24, 2.45) is 11.8 Å². The van der Waals surface area contributed by atoms with Crippen LogP contribution in [0.3, 0.4) is 0 Å². The van der Waals surface area contributed by atoms with Crippen LogP contribution in [-0.2, 0) is 9.47 Å². The van der Waals surface area contributed by atoms with Gasteiger partial charge < -0.3 is 19.5 Å². The van der Waals surface area contributed by atoms with Gasteiger partial charge in [-0.05, 0) is 31.1 Å². The summed E-state index contributed by atoms with van der Waals surface area (Å²) in [6.45, 7) is 9.54. The van der Waals surface area contributed by atoms with E-state index in [1.165, 1.54) is 17.7 Å². The number of rotatable bonds is 5. The molecule has 4 nitrogen and oxygen atoms in total. The number of hydrogen-bond donors (Lipinski definition) is 2. The van der Waals surface area contributed by atoms with Crippen molar-refractivity contribution in [1.29, 1.82) is 0 Å². The van der Waals surface area contributed by atoms with Crippen LogP contribution < -0.4 is 4.90 Å². The van der Waals surface area contributed by atoms with Gasteiger partial charge in [-0.15, -0.1) is 0 Å². The maximum atomic E-state index is 10.1. The fraction of sp³-hybridized carbons (Fsp3) is 1.00. The minimum atomic E-state index is -0.334. The molecular formula is C15H30NO3+. The summed E-state index contributed by atoms with van der Waals surface area (Å²) in [6.07, 6.45) is 3.69. The molecule has 0 aromatic carbocycles. The van der Waals surface area contributed by atoms with Gasteiger partial charge in [-0.25, -0.2) is 0 Å². The van der Waals surface area contributed by atoms with Gasteiger partial charge in [-0.1, -0.05) is 13.8 Å². The zero-order valence-corrected chi connectivity index (χ0v) is 12.4. The highest BCUT2D eigenvalue weighted by atomic mass is 16.5. The number of aliphatic hydroxyl groups excluding tert-OH is 1. The summed E-state index contributed by atoms with van der Waals surface area (Å²) in [5, 5.41) is 10.1. The van der Waals surface area contributed by atoms with Gasteiger partial charge in [0.1, 0.15) is 25.7 Å². The molecule has 0 aromatic heterocycles. The standard InChI is InChI=1S/C15H29NO3/c1-12-3-4-15(13(2)9-12)19-11-14(17)10-16-5-7-18-8-6-16/h12-15,17H,3-11H2,1-2H3/p+1/t12?,13?,14-,15?/m0/s1. The lowest BCUT2D eigenvalue weighted by Gasteiger charge is -2.33. The zero-order valence-electron chi connectivity index (χ0n) is 12.4. The van der Waals surface area contributed by atoms with Gasteiger partial charge in [0.25, 0.3) is 0 Å². The Morgan fingerprint density at radius 2 is 2.00 bits per heavy atom. The van der Waals surface area contributed by atoms with Crippen LogP contribution in [0.4, 0.5) is 0 Å². The molecule has 2 aliphatic rings. The minimum Gasteiger partial charge on any atom is -0.385 e. The maximum absolute atomic E-state index is 10.1. The lowest BCUT2D eigenvalue weighted by molar-refractivity contribution is -0.911. The Morgan fingerprint density at radius 3 is 2.68 bits per heavy atom. The molecule has 0 spiro atoms. The Hall–Kier alpha value is -0.160. The SMILES string of the molecule is CC1CCC(OC[C@@H](O)C[NH+]2CCOCC2)C(C)C1. The van der Waals surface area contributed by atoms with E-state index in [4.69, 9.17) is 9.47 Å².